The molecular formula is C14H16ClN5. The summed E-state index contributed by atoms with van der Waals surface area (Å²) in [6.07, 6.45) is 4.39. The van der Waals surface area contributed by atoms with E-state index in [1.54, 1.807) is 12.5 Å². The van der Waals surface area contributed by atoms with E-state index in [0.29, 0.717) is 6.54 Å². The van der Waals surface area contributed by atoms with Gasteiger partial charge in [-0.05, 0) is 18.5 Å². The largest absolute Gasteiger partial charge is 0.330 e. The average Bonchev–Trinajstić information content (AvgIpc) is 2.81. The minimum Gasteiger partial charge on any atom is -0.330 e. The van der Waals surface area contributed by atoms with Crippen LogP contribution < -0.4 is 5.73 Å². The van der Waals surface area contributed by atoms with E-state index in [-0.39, 0.29) is 12.4 Å². The minimum atomic E-state index is 0. The maximum absolute atomic E-state index is 5.54. The van der Waals surface area contributed by atoms with Crippen LogP contribution in [0.1, 0.15) is 5.56 Å². The van der Waals surface area contributed by atoms with Crippen LogP contribution in [-0.4, -0.2) is 26.1 Å². The summed E-state index contributed by atoms with van der Waals surface area (Å²) in [7, 11) is 1.93. The lowest BCUT2D eigenvalue weighted by molar-refractivity contribution is 0.929. The molecule has 5 nitrogen and oxygen atoms in total. The minimum absolute atomic E-state index is 0. The van der Waals surface area contributed by atoms with E-state index in [9.17, 15) is 0 Å². The fourth-order valence-corrected chi connectivity index (χ4v) is 2.05. The van der Waals surface area contributed by atoms with E-state index >= 15 is 0 Å². The Labute approximate surface area is 123 Å². The predicted octanol–water partition coefficient (Wildman–Crippen LogP) is 1.95. The summed E-state index contributed by atoms with van der Waals surface area (Å²) in [5.41, 5.74) is 9.43. The second-order valence-corrected chi connectivity index (χ2v) is 4.49. The summed E-state index contributed by atoms with van der Waals surface area (Å²) in [4.78, 5) is 13.1. The Hall–Kier alpha value is -1.98. The first-order valence-electron chi connectivity index (χ1n) is 6.21. The van der Waals surface area contributed by atoms with Gasteiger partial charge in [-0.2, -0.15) is 0 Å². The van der Waals surface area contributed by atoms with Crippen molar-refractivity contribution < 1.29 is 0 Å². The van der Waals surface area contributed by atoms with E-state index in [1.165, 1.54) is 5.56 Å². The molecule has 0 saturated carbocycles. The first-order valence-corrected chi connectivity index (χ1v) is 6.21. The van der Waals surface area contributed by atoms with Crippen molar-refractivity contribution in [2.24, 2.45) is 12.8 Å². The van der Waals surface area contributed by atoms with Gasteiger partial charge in [0.1, 0.15) is 5.52 Å². The van der Waals surface area contributed by atoms with Gasteiger partial charge in [0.2, 0.25) is 0 Å². The van der Waals surface area contributed by atoms with Crippen molar-refractivity contribution in [3.05, 3.63) is 42.4 Å². The number of fused-ring (bicyclic) bond motifs is 1. The number of imidazole rings is 1. The van der Waals surface area contributed by atoms with Crippen molar-refractivity contribution in [2.75, 3.05) is 6.54 Å². The number of benzene rings is 1. The van der Waals surface area contributed by atoms with Crippen LogP contribution in [0.25, 0.3) is 22.6 Å². The molecule has 0 fully saturated rings. The van der Waals surface area contributed by atoms with E-state index in [1.807, 2.05) is 23.7 Å². The zero-order chi connectivity index (χ0) is 13.2. The molecule has 0 unspecified atom stereocenters. The van der Waals surface area contributed by atoms with Gasteiger partial charge in [0.25, 0.3) is 0 Å². The van der Waals surface area contributed by atoms with E-state index < -0.39 is 0 Å². The molecule has 0 aliphatic rings. The highest BCUT2D eigenvalue weighted by atomic mass is 35.5. The van der Waals surface area contributed by atoms with Gasteiger partial charge in [0, 0.05) is 12.6 Å². The van der Waals surface area contributed by atoms with Crippen LogP contribution in [-0.2, 0) is 13.5 Å². The van der Waals surface area contributed by atoms with Gasteiger partial charge in [-0.25, -0.2) is 15.0 Å². The van der Waals surface area contributed by atoms with E-state index in [0.717, 1.165) is 29.0 Å². The van der Waals surface area contributed by atoms with E-state index in [2.05, 4.69) is 27.1 Å². The third kappa shape index (κ3) is 2.64. The summed E-state index contributed by atoms with van der Waals surface area (Å²) in [5, 5.41) is 0. The molecule has 2 N–H and O–H groups in total. The van der Waals surface area contributed by atoms with Gasteiger partial charge < -0.3 is 10.3 Å². The smallest absolute Gasteiger partial charge is 0.163 e. The summed E-state index contributed by atoms with van der Waals surface area (Å²) in [6, 6.07) is 8.20. The Morgan fingerprint density at radius 3 is 2.60 bits per heavy atom. The third-order valence-electron chi connectivity index (χ3n) is 3.10. The van der Waals surface area contributed by atoms with Crippen LogP contribution in [0.15, 0.2) is 36.8 Å². The van der Waals surface area contributed by atoms with Crippen LogP contribution in [0.4, 0.5) is 0 Å². The number of halogens is 1. The molecule has 104 valence electrons. The number of hydrogen-bond donors (Lipinski definition) is 1. The van der Waals surface area contributed by atoms with Crippen LogP contribution in [0.3, 0.4) is 0 Å². The van der Waals surface area contributed by atoms with Gasteiger partial charge in [-0.1, -0.05) is 24.3 Å². The molecule has 0 atom stereocenters. The van der Waals surface area contributed by atoms with Crippen molar-refractivity contribution in [2.45, 2.75) is 6.42 Å². The molecule has 3 rings (SSSR count). The third-order valence-corrected chi connectivity index (χ3v) is 3.10. The molecule has 2 aromatic heterocycles. The fourth-order valence-electron chi connectivity index (χ4n) is 2.05. The lowest BCUT2D eigenvalue weighted by atomic mass is 10.1. The second-order valence-electron chi connectivity index (χ2n) is 4.49. The number of aromatic nitrogens is 4. The molecule has 0 spiro atoms. The van der Waals surface area contributed by atoms with Crippen LogP contribution in [0.5, 0.6) is 0 Å². The predicted molar refractivity (Wildman–Crippen MR) is 81.7 cm³/mol. The van der Waals surface area contributed by atoms with Crippen LogP contribution in [0, 0.1) is 0 Å². The quantitative estimate of drug-likeness (QED) is 0.800. The number of rotatable bonds is 3. The summed E-state index contributed by atoms with van der Waals surface area (Å²) < 4.78 is 1.89. The molecule has 20 heavy (non-hydrogen) atoms. The molecule has 0 radical (unpaired) electrons. The Kier molecular flexibility index (Phi) is 4.32. The van der Waals surface area contributed by atoms with Crippen LogP contribution >= 0.6 is 12.4 Å². The molecule has 0 saturated heterocycles. The van der Waals surface area contributed by atoms with Gasteiger partial charge in [0.15, 0.2) is 11.5 Å². The first kappa shape index (κ1) is 14.4. The maximum Gasteiger partial charge on any atom is 0.163 e. The molecular weight excluding hydrogens is 274 g/mol. The zero-order valence-electron chi connectivity index (χ0n) is 11.2. The molecule has 0 amide bonds. The Balaban J connectivity index is 0.00000147. The van der Waals surface area contributed by atoms with Crippen molar-refractivity contribution in [3.63, 3.8) is 0 Å². The molecule has 0 bridgehead atoms. The molecule has 6 heteroatoms. The number of aryl methyl sites for hydroxylation is 1. The lowest BCUT2D eigenvalue weighted by Crippen LogP contribution is -2.02. The Bertz CT molecular complexity index is 705. The van der Waals surface area contributed by atoms with Crippen molar-refractivity contribution >= 4 is 23.6 Å². The standard InChI is InChI=1S/C14H15N5.ClH/c1-19-9-17-12-8-16-13(18-14(12)19)11-4-2-10(3-5-11)6-7-15;/h2-5,8-9H,6-7,15H2,1H3;1H. The summed E-state index contributed by atoms with van der Waals surface area (Å²) in [6.45, 7) is 0.664. The normalized spacial score (nSPS) is 10.5. The molecule has 0 aliphatic heterocycles. The highest BCUT2D eigenvalue weighted by Crippen LogP contribution is 2.18. The van der Waals surface area contributed by atoms with Gasteiger partial charge in [-0.3, -0.25) is 0 Å². The summed E-state index contributed by atoms with van der Waals surface area (Å²) >= 11 is 0. The van der Waals surface area contributed by atoms with Gasteiger partial charge in [0.05, 0.1) is 12.5 Å². The lowest BCUT2D eigenvalue weighted by Gasteiger charge is -2.03. The maximum atomic E-state index is 5.54. The average molecular weight is 290 g/mol. The Morgan fingerprint density at radius 1 is 1.15 bits per heavy atom. The fraction of sp³-hybridized carbons (Fsp3) is 0.214. The molecule has 2 heterocycles. The van der Waals surface area contributed by atoms with Crippen molar-refractivity contribution in [3.8, 4) is 11.4 Å². The van der Waals surface area contributed by atoms with Crippen molar-refractivity contribution in [1.82, 2.24) is 19.5 Å². The topological polar surface area (TPSA) is 69.6 Å². The molecule has 3 aromatic rings. The van der Waals surface area contributed by atoms with Crippen LogP contribution in [0.2, 0.25) is 0 Å². The number of nitrogens with zero attached hydrogens (tertiary/aromatic N) is 4. The summed E-state index contributed by atoms with van der Waals surface area (Å²) in [5.74, 6) is 0.718. The second kappa shape index (κ2) is 5.98. The monoisotopic (exact) mass is 289 g/mol. The van der Waals surface area contributed by atoms with Crippen molar-refractivity contribution in [1.29, 1.82) is 0 Å². The number of hydrogen-bond acceptors (Lipinski definition) is 4. The van der Waals surface area contributed by atoms with Gasteiger partial charge in [-0.15, -0.1) is 12.4 Å². The first-order chi connectivity index (χ1) is 9.28. The highest BCUT2D eigenvalue weighted by Gasteiger charge is 2.06. The van der Waals surface area contributed by atoms with Gasteiger partial charge >= 0.3 is 0 Å². The zero-order valence-corrected chi connectivity index (χ0v) is 12.0. The van der Waals surface area contributed by atoms with E-state index in [4.69, 9.17) is 5.73 Å². The Morgan fingerprint density at radius 2 is 1.90 bits per heavy atom. The molecule has 1 aromatic carbocycles. The number of nitrogens with two attached hydrogens (primary N) is 1. The highest BCUT2D eigenvalue weighted by molar-refractivity contribution is 5.85. The SMILES string of the molecule is Cl.Cn1cnc2cnc(-c3ccc(CCN)cc3)nc21. The molecule has 0 aliphatic carbocycles.